The summed E-state index contributed by atoms with van der Waals surface area (Å²) in [6, 6.07) is 3.25. The van der Waals surface area contributed by atoms with Crippen molar-refractivity contribution >= 4 is 5.78 Å². The summed E-state index contributed by atoms with van der Waals surface area (Å²) in [6.45, 7) is 5.46. The highest BCUT2D eigenvalue weighted by Crippen LogP contribution is 2.26. The van der Waals surface area contributed by atoms with Gasteiger partial charge in [-0.15, -0.1) is 0 Å². The van der Waals surface area contributed by atoms with E-state index in [1.807, 2.05) is 6.92 Å². The molecule has 0 aromatic heterocycles. The van der Waals surface area contributed by atoms with Gasteiger partial charge < -0.3 is 0 Å². The summed E-state index contributed by atoms with van der Waals surface area (Å²) < 4.78 is 25.6. The molecule has 0 aliphatic rings. The highest BCUT2D eigenvalue weighted by Gasteiger charge is 2.26. The number of hydrogen-bond donors (Lipinski definition) is 0. The number of halogens is 2. The van der Waals surface area contributed by atoms with Gasteiger partial charge in [0.05, 0.1) is 0 Å². The molecule has 0 unspecified atom stereocenters. The smallest absolute Gasteiger partial charge is 0.168 e. The first-order valence-corrected chi connectivity index (χ1v) is 4.88. The molecule has 1 aromatic carbocycles. The fourth-order valence-electron chi connectivity index (χ4n) is 1.19. The summed E-state index contributed by atoms with van der Waals surface area (Å²) in [6.07, 6.45) is 0.658. The molecule has 0 saturated heterocycles. The number of carbonyl (C=O) groups excluding carboxylic acids is 1. The molecule has 0 spiro atoms. The summed E-state index contributed by atoms with van der Waals surface area (Å²) in [5.41, 5.74) is -0.315. The van der Waals surface area contributed by atoms with Crippen LogP contribution in [0.4, 0.5) is 8.78 Å². The molecule has 3 heteroatoms. The third-order valence-corrected chi connectivity index (χ3v) is 2.68. The number of rotatable bonds is 3. The minimum atomic E-state index is -0.979. The Morgan fingerprint density at radius 1 is 1.27 bits per heavy atom. The zero-order valence-corrected chi connectivity index (χ0v) is 9.10. The van der Waals surface area contributed by atoms with Crippen molar-refractivity contribution in [3.63, 3.8) is 0 Å². The van der Waals surface area contributed by atoms with Gasteiger partial charge in [0.25, 0.3) is 0 Å². The Morgan fingerprint density at radius 3 is 2.33 bits per heavy atom. The Kier molecular flexibility index (Phi) is 3.22. The molecule has 0 radical (unpaired) electrons. The number of ketones is 1. The summed E-state index contributed by atoms with van der Waals surface area (Å²) >= 11 is 0. The van der Waals surface area contributed by atoms with Crippen molar-refractivity contribution in [1.82, 2.24) is 0 Å². The standard InChI is InChI=1S/C12H14F2O/c1-4-12(2,3)11(15)8-5-6-9(13)10(14)7-8/h5-7H,4H2,1-3H3. The summed E-state index contributed by atoms with van der Waals surface area (Å²) in [7, 11) is 0. The van der Waals surface area contributed by atoms with Crippen molar-refractivity contribution in [2.75, 3.05) is 0 Å². The molecule has 1 aromatic rings. The molecule has 0 N–H and O–H groups in total. The van der Waals surface area contributed by atoms with E-state index in [2.05, 4.69) is 0 Å². The van der Waals surface area contributed by atoms with E-state index in [1.54, 1.807) is 13.8 Å². The largest absolute Gasteiger partial charge is 0.294 e. The van der Waals surface area contributed by atoms with Gasteiger partial charge in [0.15, 0.2) is 17.4 Å². The first-order chi connectivity index (χ1) is 6.88. The predicted octanol–water partition coefficient (Wildman–Crippen LogP) is 3.58. The predicted molar refractivity (Wildman–Crippen MR) is 54.8 cm³/mol. The molecule has 1 rings (SSSR count). The van der Waals surface area contributed by atoms with Gasteiger partial charge in [0, 0.05) is 11.0 Å². The van der Waals surface area contributed by atoms with Crippen LogP contribution in [0.5, 0.6) is 0 Å². The average Bonchev–Trinajstić information content (AvgIpc) is 2.21. The quantitative estimate of drug-likeness (QED) is 0.700. The maximum Gasteiger partial charge on any atom is 0.168 e. The van der Waals surface area contributed by atoms with E-state index in [1.165, 1.54) is 6.07 Å². The monoisotopic (exact) mass is 212 g/mol. The number of Topliss-reactive ketones (excluding diaryl/α,β-unsaturated/α-hetero) is 1. The van der Waals surface area contributed by atoms with Gasteiger partial charge in [-0.05, 0) is 24.6 Å². The van der Waals surface area contributed by atoms with Gasteiger partial charge in [0.1, 0.15) is 0 Å². The van der Waals surface area contributed by atoms with Gasteiger partial charge >= 0.3 is 0 Å². The molecule has 82 valence electrons. The van der Waals surface area contributed by atoms with E-state index in [9.17, 15) is 13.6 Å². The van der Waals surface area contributed by atoms with Crippen LogP contribution in [0, 0.1) is 17.0 Å². The molecule has 1 nitrogen and oxygen atoms in total. The Balaban J connectivity index is 3.08. The van der Waals surface area contributed by atoms with Crippen LogP contribution >= 0.6 is 0 Å². The van der Waals surface area contributed by atoms with Crippen LogP contribution in [0.15, 0.2) is 18.2 Å². The van der Waals surface area contributed by atoms with Gasteiger partial charge in [0.2, 0.25) is 0 Å². The lowest BCUT2D eigenvalue weighted by Gasteiger charge is -2.20. The van der Waals surface area contributed by atoms with Crippen LogP contribution in [0.25, 0.3) is 0 Å². The van der Waals surface area contributed by atoms with Gasteiger partial charge in [-0.1, -0.05) is 20.8 Å². The van der Waals surface area contributed by atoms with Crippen LogP contribution < -0.4 is 0 Å². The molecule has 0 saturated carbocycles. The van der Waals surface area contributed by atoms with Gasteiger partial charge in [-0.3, -0.25) is 4.79 Å². The second-order valence-corrected chi connectivity index (χ2v) is 4.20. The first-order valence-electron chi connectivity index (χ1n) is 4.88. The number of carbonyl (C=O) groups is 1. The van der Waals surface area contributed by atoms with Crippen molar-refractivity contribution in [2.45, 2.75) is 27.2 Å². The average molecular weight is 212 g/mol. The molecule has 15 heavy (non-hydrogen) atoms. The third-order valence-electron chi connectivity index (χ3n) is 2.68. The topological polar surface area (TPSA) is 17.1 Å². The van der Waals surface area contributed by atoms with E-state index >= 15 is 0 Å². The Morgan fingerprint density at radius 2 is 1.87 bits per heavy atom. The van der Waals surface area contributed by atoms with E-state index in [0.29, 0.717) is 6.42 Å². The third kappa shape index (κ3) is 2.41. The number of benzene rings is 1. The minimum Gasteiger partial charge on any atom is -0.294 e. The van der Waals surface area contributed by atoms with Gasteiger partial charge in [-0.2, -0.15) is 0 Å². The van der Waals surface area contributed by atoms with Crippen LogP contribution in [0.1, 0.15) is 37.6 Å². The fourth-order valence-corrected chi connectivity index (χ4v) is 1.19. The molecule has 0 heterocycles. The second-order valence-electron chi connectivity index (χ2n) is 4.20. The van der Waals surface area contributed by atoms with Crippen molar-refractivity contribution in [2.24, 2.45) is 5.41 Å². The van der Waals surface area contributed by atoms with Crippen LogP contribution in [0.2, 0.25) is 0 Å². The normalized spacial score (nSPS) is 11.5. The first kappa shape index (κ1) is 11.8. The summed E-state index contributed by atoms with van der Waals surface area (Å²) in [5, 5.41) is 0. The van der Waals surface area contributed by atoms with Crippen molar-refractivity contribution in [3.8, 4) is 0 Å². The maximum atomic E-state index is 12.9. The minimum absolute atomic E-state index is 0.163. The van der Waals surface area contributed by atoms with Crippen LogP contribution in [-0.4, -0.2) is 5.78 Å². The Labute approximate surface area is 88.1 Å². The van der Waals surface area contributed by atoms with Crippen molar-refractivity contribution in [1.29, 1.82) is 0 Å². The lowest BCUT2D eigenvalue weighted by atomic mass is 9.82. The van der Waals surface area contributed by atoms with E-state index < -0.39 is 17.0 Å². The molecule has 0 bridgehead atoms. The van der Waals surface area contributed by atoms with Crippen LogP contribution in [0.3, 0.4) is 0 Å². The second kappa shape index (κ2) is 4.09. The van der Waals surface area contributed by atoms with E-state index in [-0.39, 0.29) is 11.3 Å². The van der Waals surface area contributed by atoms with Crippen molar-refractivity contribution < 1.29 is 13.6 Å². The zero-order chi connectivity index (χ0) is 11.6. The zero-order valence-electron chi connectivity index (χ0n) is 9.10. The fraction of sp³-hybridized carbons (Fsp3) is 0.417. The Hall–Kier alpha value is -1.25. The molecule has 0 amide bonds. The number of hydrogen-bond acceptors (Lipinski definition) is 1. The summed E-state index contributed by atoms with van der Waals surface area (Å²) in [4.78, 5) is 11.9. The van der Waals surface area contributed by atoms with E-state index in [4.69, 9.17) is 0 Å². The highest BCUT2D eigenvalue weighted by atomic mass is 19.2. The molecular weight excluding hydrogens is 198 g/mol. The summed E-state index contributed by atoms with van der Waals surface area (Å²) in [5.74, 6) is -2.07. The Bertz CT molecular complexity index is 383. The van der Waals surface area contributed by atoms with Crippen LogP contribution in [-0.2, 0) is 0 Å². The molecule has 0 fully saturated rings. The van der Waals surface area contributed by atoms with Crippen molar-refractivity contribution in [3.05, 3.63) is 35.4 Å². The lowest BCUT2D eigenvalue weighted by molar-refractivity contribution is 0.0832. The molecule has 0 aliphatic carbocycles. The molecule has 0 aliphatic heterocycles. The SMILES string of the molecule is CCC(C)(C)C(=O)c1ccc(F)c(F)c1. The lowest BCUT2D eigenvalue weighted by Crippen LogP contribution is -2.23. The molecular formula is C12H14F2O. The molecule has 0 atom stereocenters. The van der Waals surface area contributed by atoms with E-state index in [0.717, 1.165) is 12.1 Å². The highest BCUT2D eigenvalue weighted by molar-refractivity contribution is 5.99. The van der Waals surface area contributed by atoms with Gasteiger partial charge in [-0.25, -0.2) is 8.78 Å². The maximum absolute atomic E-state index is 12.9.